The van der Waals surface area contributed by atoms with Crippen LogP contribution in [0.4, 0.5) is 16.2 Å². The molecular formula is C30H32ClN5O3S. The predicted molar refractivity (Wildman–Crippen MR) is 164 cm³/mol. The summed E-state index contributed by atoms with van der Waals surface area (Å²) in [5, 5.41) is 7.30. The first-order chi connectivity index (χ1) is 19.0. The third-order valence-corrected chi connectivity index (χ3v) is 6.95. The van der Waals surface area contributed by atoms with Crippen LogP contribution in [0.5, 0.6) is 0 Å². The molecule has 0 aliphatic carbocycles. The highest BCUT2D eigenvalue weighted by molar-refractivity contribution is 7.18. The molecule has 0 aliphatic rings. The molecule has 2 amide bonds. The van der Waals surface area contributed by atoms with Crippen molar-refractivity contribution >= 4 is 63.6 Å². The Morgan fingerprint density at radius 3 is 2.52 bits per heavy atom. The number of ether oxygens (including phenoxy) is 1. The van der Waals surface area contributed by atoms with Crippen LogP contribution in [0, 0.1) is 0 Å². The van der Waals surface area contributed by atoms with Gasteiger partial charge < -0.3 is 20.3 Å². The molecule has 2 aromatic carbocycles. The molecule has 2 heterocycles. The zero-order valence-corrected chi connectivity index (χ0v) is 24.7. The lowest BCUT2D eigenvalue weighted by molar-refractivity contribution is 0.0528. The normalized spacial score (nSPS) is 11.6. The van der Waals surface area contributed by atoms with Crippen molar-refractivity contribution in [2.75, 3.05) is 26.0 Å². The van der Waals surface area contributed by atoms with Gasteiger partial charge in [-0.25, -0.2) is 9.79 Å². The quantitative estimate of drug-likeness (QED) is 0.171. The SMILES string of the molecule is CN(C)C=Nc1cc(-c2ccc(Cl)cc2)sc1C(=O)Nc1ccc2nc(CCNC(=O)OC(C)(C)C)ccc2c1. The van der Waals surface area contributed by atoms with E-state index in [0.717, 1.165) is 27.0 Å². The Bertz CT molecular complexity index is 1540. The van der Waals surface area contributed by atoms with Crippen LogP contribution >= 0.6 is 22.9 Å². The Kier molecular flexibility index (Phi) is 9.07. The van der Waals surface area contributed by atoms with E-state index in [-0.39, 0.29) is 5.91 Å². The van der Waals surface area contributed by atoms with E-state index in [2.05, 4.69) is 20.6 Å². The van der Waals surface area contributed by atoms with Gasteiger partial charge in [0.15, 0.2) is 0 Å². The Labute approximate surface area is 243 Å². The first-order valence-electron chi connectivity index (χ1n) is 12.7. The average Bonchev–Trinajstić information content (AvgIpc) is 3.31. The number of aromatic nitrogens is 1. The minimum Gasteiger partial charge on any atom is -0.444 e. The summed E-state index contributed by atoms with van der Waals surface area (Å²) in [6.07, 6.45) is 1.79. The van der Waals surface area contributed by atoms with Crippen LogP contribution in [0.2, 0.25) is 5.02 Å². The summed E-state index contributed by atoms with van der Waals surface area (Å²) in [7, 11) is 3.75. The van der Waals surface area contributed by atoms with E-state index in [1.165, 1.54) is 11.3 Å². The molecule has 8 nitrogen and oxygen atoms in total. The molecule has 10 heteroatoms. The molecule has 40 heavy (non-hydrogen) atoms. The highest BCUT2D eigenvalue weighted by Crippen LogP contribution is 2.37. The topological polar surface area (TPSA) is 95.9 Å². The highest BCUT2D eigenvalue weighted by Gasteiger charge is 2.18. The van der Waals surface area contributed by atoms with Crippen molar-refractivity contribution in [2.45, 2.75) is 32.8 Å². The number of pyridine rings is 1. The lowest BCUT2D eigenvalue weighted by Crippen LogP contribution is -2.33. The largest absolute Gasteiger partial charge is 0.444 e. The number of amides is 2. The predicted octanol–water partition coefficient (Wildman–Crippen LogP) is 7.16. The van der Waals surface area contributed by atoms with Gasteiger partial charge in [-0.1, -0.05) is 29.8 Å². The van der Waals surface area contributed by atoms with E-state index in [0.29, 0.717) is 34.2 Å². The van der Waals surface area contributed by atoms with Gasteiger partial charge in [0.2, 0.25) is 0 Å². The second kappa shape index (κ2) is 12.5. The van der Waals surface area contributed by atoms with Gasteiger partial charge in [-0.3, -0.25) is 9.78 Å². The first-order valence-corrected chi connectivity index (χ1v) is 13.9. The maximum absolute atomic E-state index is 13.4. The summed E-state index contributed by atoms with van der Waals surface area (Å²) in [4.78, 5) is 37.7. The lowest BCUT2D eigenvalue weighted by atomic mass is 10.1. The van der Waals surface area contributed by atoms with Crippen molar-refractivity contribution in [3.05, 3.63) is 76.3 Å². The Balaban J connectivity index is 1.47. The van der Waals surface area contributed by atoms with E-state index < -0.39 is 11.7 Å². The van der Waals surface area contributed by atoms with Crippen LogP contribution in [0.25, 0.3) is 21.3 Å². The third kappa shape index (κ3) is 8.03. The highest BCUT2D eigenvalue weighted by atomic mass is 35.5. The molecule has 4 rings (SSSR count). The number of hydrogen-bond donors (Lipinski definition) is 2. The van der Waals surface area contributed by atoms with Gasteiger partial charge >= 0.3 is 6.09 Å². The van der Waals surface area contributed by atoms with E-state index in [1.54, 1.807) is 6.34 Å². The van der Waals surface area contributed by atoms with Gasteiger partial charge in [-0.2, -0.15) is 0 Å². The van der Waals surface area contributed by atoms with Gasteiger partial charge in [-0.15, -0.1) is 11.3 Å². The van der Waals surface area contributed by atoms with Crippen molar-refractivity contribution in [3.63, 3.8) is 0 Å². The van der Waals surface area contributed by atoms with E-state index >= 15 is 0 Å². The van der Waals surface area contributed by atoms with Gasteiger partial charge in [0.1, 0.15) is 10.5 Å². The number of nitrogens with one attached hydrogen (secondary N) is 2. The molecule has 208 valence electrons. The van der Waals surface area contributed by atoms with Crippen LogP contribution in [0.3, 0.4) is 0 Å². The zero-order chi connectivity index (χ0) is 28.9. The number of hydrogen-bond acceptors (Lipinski definition) is 6. The van der Waals surface area contributed by atoms with E-state index in [9.17, 15) is 9.59 Å². The molecule has 0 spiro atoms. The number of rotatable bonds is 8. The lowest BCUT2D eigenvalue weighted by Gasteiger charge is -2.19. The van der Waals surface area contributed by atoms with E-state index in [1.807, 2.05) is 100 Å². The van der Waals surface area contributed by atoms with Gasteiger partial charge in [0, 0.05) is 53.7 Å². The third-order valence-electron chi connectivity index (χ3n) is 5.53. The average molecular weight is 578 g/mol. The maximum Gasteiger partial charge on any atom is 0.407 e. The summed E-state index contributed by atoms with van der Waals surface area (Å²) < 4.78 is 5.26. The van der Waals surface area contributed by atoms with Gasteiger partial charge in [0.05, 0.1) is 17.5 Å². The van der Waals surface area contributed by atoms with Gasteiger partial charge in [0.25, 0.3) is 5.91 Å². The molecule has 2 N–H and O–H groups in total. The minimum absolute atomic E-state index is 0.242. The number of carbonyl (C=O) groups excluding carboxylic acids is 2. The molecule has 4 aromatic rings. The fraction of sp³-hybridized carbons (Fsp3) is 0.267. The van der Waals surface area contributed by atoms with Crippen molar-refractivity contribution in [1.82, 2.24) is 15.2 Å². The fourth-order valence-corrected chi connectivity index (χ4v) is 4.88. The Hall–Kier alpha value is -3.95. The summed E-state index contributed by atoms with van der Waals surface area (Å²) >= 11 is 7.43. The van der Waals surface area contributed by atoms with Gasteiger partial charge in [-0.05, 0) is 68.8 Å². The van der Waals surface area contributed by atoms with Crippen molar-refractivity contribution < 1.29 is 14.3 Å². The summed E-state index contributed by atoms with van der Waals surface area (Å²) in [5.74, 6) is -0.242. The second-order valence-electron chi connectivity index (χ2n) is 10.4. The van der Waals surface area contributed by atoms with Crippen LogP contribution < -0.4 is 10.6 Å². The number of anilines is 1. The number of benzene rings is 2. The number of alkyl carbamates (subject to hydrolysis) is 1. The monoisotopic (exact) mass is 577 g/mol. The molecular weight excluding hydrogens is 546 g/mol. The number of nitrogens with zero attached hydrogens (tertiary/aromatic N) is 3. The molecule has 0 fully saturated rings. The molecule has 0 unspecified atom stereocenters. The van der Waals surface area contributed by atoms with Crippen molar-refractivity contribution in [1.29, 1.82) is 0 Å². The van der Waals surface area contributed by atoms with Crippen LogP contribution in [0.1, 0.15) is 36.1 Å². The number of carbonyl (C=O) groups is 2. The second-order valence-corrected chi connectivity index (χ2v) is 11.9. The number of aliphatic imine (C=N–C) groups is 1. The summed E-state index contributed by atoms with van der Waals surface area (Å²) in [6.45, 7) is 5.89. The summed E-state index contributed by atoms with van der Waals surface area (Å²) in [6, 6.07) is 18.9. The molecule has 0 saturated carbocycles. The van der Waals surface area contributed by atoms with Crippen molar-refractivity contribution in [2.24, 2.45) is 4.99 Å². The van der Waals surface area contributed by atoms with Crippen LogP contribution in [-0.4, -0.2) is 54.5 Å². The maximum atomic E-state index is 13.4. The first kappa shape index (κ1) is 29.0. The van der Waals surface area contributed by atoms with Crippen molar-refractivity contribution in [3.8, 4) is 10.4 Å². The number of thiophene rings is 1. The molecule has 0 aliphatic heterocycles. The Morgan fingerprint density at radius 2 is 1.82 bits per heavy atom. The molecule has 0 bridgehead atoms. The minimum atomic E-state index is -0.540. The smallest absolute Gasteiger partial charge is 0.407 e. The molecule has 0 atom stereocenters. The number of fused-ring (bicyclic) bond motifs is 1. The number of halogens is 1. The fourth-order valence-electron chi connectivity index (χ4n) is 3.75. The Morgan fingerprint density at radius 1 is 1.07 bits per heavy atom. The molecule has 2 aromatic heterocycles. The zero-order valence-electron chi connectivity index (χ0n) is 23.1. The van der Waals surface area contributed by atoms with E-state index in [4.69, 9.17) is 16.3 Å². The molecule has 0 saturated heterocycles. The molecule has 0 radical (unpaired) electrons. The standard InChI is InChI=1S/C30H32ClN5O3S/c1-30(2,3)39-29(38)32-15-14-22-11-8-20-16-23(12-13-24(20)34-22)35-28(37)27-25(33-18-36(4)5)17-26(40-27)19-6-9-21(31)10-7-19/h6-13,16-18H,14-15H2,1-5H3,(H,32,38)(H,35,37). The van der Waals surface area contributed by atoms with Crippen LogP contribution in [-0.2, 0) is 11.2 Å². The van der Waals surface area contributed by atoms with Crippen LogP contribution in [0.15, 0.2) is 65.7 Å². The summed E-state index contributed by atoms with van der Waals surface area (Å²) in [5.41, 5.74) is 3.31.